The summed E-state index contributed by atoms with van der Waals surface area (Å²) >= 11 is 5.00. The van der Waals surface area contributed by atoms with Gasteiger partial charge in [-0.3, -0.25) is 4.79 Å². The molecule has 0 aliphatic heterocycles. The molecule has 0 saturated carbocycles. The second-order valence-corrected chi connectivity index (χ2v) is 4.39. The number of carbonyl (C=O) groups excluding carboxylic acids is 1. The number of aromatic amines is 1. The van der Waals surface area contributed by atoms with Crippen LogP contribution in [0.5, 0.6) is 0 Å². The van der Waals surface area contributed by atoms with E-state index in [4.69, 9.17) is 17.5 Å². The van der Waals surface area contributed by atoms with E-state index in [1.54, 1.807) is 19.1 Å². The second-order valence-electron chi connectivity index (χ2n) is 3.98. The molecule has 0 bridgehead atoms. The van der Waals surface area contributed by atoms with Crippen LogP contribution in [0, 0.1) is 22.9 Å². The third-order valence-electron chi connectivity index (χ3n) is 2.64. The average molecular weight is 269 g/mol. The molecule has 2 rings (SSSR count). The van der Waals surface area contributed by atoms with Gasteiger partial charge in [-0.15, -0.1) is 0 Å². The molecule has 2 aromatic rings. The number of aryl methyl sites for hydroxylation is 1. The van der Waals surface area contributed by atoms with Crippen molar-refractivity contribution in [2.24, 2.45) is 0 Å². The zero-order valence-corrected chi connectivity index (χ0v) is 11.0. The number of hydrogen-bond donors (Lipinski definition) is 2. The van der Waals surface area contributed by atoms with Crippen molar-refractivity contribution in [2.75, 3.05) is 5.32 Å². The van der Waals surface area contributed by atoms with Gasteiger partial charge in [0.1, 0.15) is 10.7 Å². The molecule has 1 aromatic carbocycles. The quantitative estimate of drug-likeness (QED) is 0.823. The third kappa shape index (κ3) is 2.87. The lowest BCUT2D eigenvalue weighted by Crippen LogP contribution is -2.14. The first kappa shape index (κ1) is 13.0. The molecule has 5 heteroatoms. The Hall–Kier alpha value is -2.45. The Morgan fingerprint density at radius 2 is 2.05 bits per heavy atom. The molecule has 4 nitrogen and oxygen atoms in total. The van der Waals surface area contributed by atoms with Crippen molar-refractivity contribution >= 4 is 23.8 Å². The molecular formula is C14H11N3OS. The number of aromatic nitrogens is 1. The van der Waals surface area contributed by atoms with Gasteiger partial charge in [0.25, 0.3) is 5.91 Å². The summed E-state index contributed by atoms with van der Waals surface area (Å²) in [5.74, 6) is -0.272. The predicted octanol–water partition coefficient (Wildman–Crippen LogP) is 3.18. The number of nitrogens with one attached hydrogen (secondary N) is 2. The summed E-state index contributed by atoms with van der Waals surface area (Å²) in [6.45, 7) is 1.75. The number of amides is 1. The van der Waals surface area contributed by atoms with Crippen LogP contribution in [0.25, 0.3) is 0 Å². The highest BCUT2D eigenvalue weighted by molar-refractivity contribution is 7.71. The zero-order valence-electron chi connectivity index (χ0n) is 10.2. The summed E-state index contributed by atoms with van der Waals surface area (Å²) in [6.07, 6.45) is 0. The molecule has 94 valence electrons. The summed E-state index contributed by atoms with van der Waals surface area (Å²) < 4.78 is 0.344. The molecule has 0 fully saturated rings. The summed E-state index contributed by atoms with van der Waals surface area (Å²) in [5.41, 5.74) is 2.04. The third-order valence-corrected chi connectivity index (χ3v) is 2.96. The first-order valence-electron chi connectivity index (χ1n) is 5.62. The Labute approximate surface area is 115 Å². The Kier molecular flexibility index (Phi) is 3.74. The Morgan fingerprint density at radius 1 is 1.37 bits per heavy atom. The topological polar surface area (TPSA) is 68.7 Å². The van der Waals surface area contributed by atoms with E-state index in [1.807, 2.05) is 24.3 Å². The van der Waals surface area contributed by atoms with Crippen LogP contribution in [0.4, 0.5) is 5.69 Å². The number of nitriles is 1. The minimum atomic E-state index is -0.272. The van der Waals surface area contributed by atoms with Gasteiger partial charge in [-0.1, -0.05) is 30.4 Å². The predicted molar refractivity (Wildman–Crippen MR) is 75.5 cm³/mol. The van der Waals surface area contributed by atoms with Gasteiger partial charge in [0.15, 0.2) is 0 Å². The highest BCUT2D eigenvalue weighted by atomic mass is 32.1. The van der Waals surface area contributed by atoms with E-state index in [9.17, 15) is 4.79 Å². The minimum absolute atomic E-state index is 0.272. The molecule has 19 heavy (non-hydrogen) atoms. The fourth-order valence-electron chi connectivity index (χ4n) is 1.66. The molecule has 1 aromatic heterocycles. The number of pyridine rings is 1. The van der Waals surface area contributed by atoms with Crippen molar-refractivity contribution in [2.45, 2.75) is 6.92 Å². The SMILES string of the molecule is Cc1[nH]c(=S)c(C#N)cc1C(=O)Nc1ccccc1. The number of anilines is 1. The standard InChI is InChI=1S/C14H11N3OS/c1-9-12(7-10(8-15)14(19)16-9)13(18)17-11-5-3-2-4-6-11/h2-7H,1H3,(H,16,19)(H,17,18). The van der Waals surface area contributed by atoms with Crippen molar-refractivity contribution < 1.29 is 4.79 Å². The summed E-state index contributed by atoms with van der Waals surface area (Å²) in [6, 6.07) is 12.6. The van der Waals surface area contributed by atoms with E-state index in [1.165, 1.54) is 6.07 Å². The molecule has 0 saturated heterocycles. The molecule has 0 unspecified atom stereocenters. The van der Waals surface area contributed by atoms with Gasteiger partial charge < -0.3 is 10.3 Å². The lowest BCUT2D eigenvalue weighted by Gasteiger charge is -2.08. The number of hydrogen-bond acceptors (Lipinski definition) is 3. The molecule has 0 aliphatic rings. The van der Waals surface area contributed by atoms with Crippen molar-refractivity contribution in [3.05, 3.63) is 57.9 Å². The number of H-pyrrole nitrogens is 1. The molecule has 1 amide bonds. The number of rotatable bonds is 2. The van der Waals surface area contributed by atoms with Crippen molar-refractivity contribution in [3.63, 3.8) is 0 Å². The zero-order chi connectivity index (χ0) is 13.8. The van der Waals surface area contributed by atoms with E-state index in [0.717, 1.165) is 0 Å². The van der Waals surface area contributed by atoms with Gasteiger partial charge in [0.05, 0.1) is 11.1 Å². The molecule has 1 heterocycles. The van der Waals surface area contributed by atoms with Gasteiger partial charge in [-0.25, -0.2) is 0 Å². The highest BCUT2D eigenvalue weighted by Gasteiger charge is 2.11. The first-order chi connectivity index (χ1) is 9.11. The van der Waals surface area contributed by atoms with Crippen LogP contribution in [0.15, 0.2) is 36.4 Å². The highest BCUT2D eigenvalue weighted by Crippen LogP contribution is 2.13. The Bertz CT molecular complexity index is 714. The maximum atomic E-state index is 12.1. The summed E-state index contributed by atoms with van der Waals surface area (Å²) in [5, 5.41) is 11.7. The molecule has 0 radical (unpaired) electrons. The normalized spacial score (nSPS) is 9.68. The minimum Gasteiger partial charge on any atom is -0.348 e. The van der Waals surface area contributed by atoms with Crippen LogP contribution in [-0.2, 0) is 0 Å². The maximum Gasteiger partial charge on any atom is 0.257 e. The molecular weight excluding hydrogens is 258 g/mol. The van der Waals surface area contributed by atoms with Crippen molar-refractivity contribution in [3.8, 4) is 6.07 Å². The Balaban J connectivity index is 2.35. The summed E-state index contributed by atoms with van der Waals surface area (Å²) in [7, 11) is 0. The number of carbonyl (C=O) groups is 1. The van der Waals surface area contributed by atoms with Crippen LogP contribution in [-0.4, -0.2) is 10.9 Å². The van der Waals surface area contributed by atoms with Gasteiger partial charge in [-0.05, 0) is 25.1 Å². The van der Waals surface area contributed by atoms with Gasteiger partial charge in [-0.2, -0.15) is 5.26 Å². The van der Waals surface area contributed by atoms with Gasteiger partial charge >= 0.3 is 0 Å². The largest absolute Gasteiger partial charge is 0.348 e. The molecule has 0 atom stereocenters. The van der Waals surface area contributed by atoms with E-state index in [-0.39, 0.29) is 5.91 Å². The fourth-order valence-corrected chi connectivity index (χ4v) is 1.92. The number of nitrogens with zero attached hydrogens (tertiary/aromatic N) is 1. The molecule has 2 N–H and O–H groups in total. The van der Waals surface area contributed by atoms with Crippen molar-refractivity contribution in [1.82, 2.24) is 4.98 Å². The molecule has 0 aliphatic carbocycles. The number of benzene rings is 1. The second kappa shape index (κ2) is 5.46. The van der Waals surface area contributed by atoms with Gasteiger partial charge in [0.2, 0.25) is 0 Å². The average Bonchev–Trinajstić information content (AvgIpc) is 2.40. The monoisotopic (exact) mass is 269 g/mol. The van der Waals surface area contributed by atoms with Crippen LogP contribution < -0.4 is 5.32 Å². The fraction of sp³-hybridized carbons (Fsp3) is 0.0714. The van der Waals surface area contributed by atoms with E-state index in [0.29, 0.717) is 27.1 Å². The van der Waals surface area contributed by atoms with E-state index >= 15 is 0 Å². The van der Waals surface area contributed by atoms with E-state index < -0.39 is 0 Å². The molecule has 0 spiro atoms. The van der Waals surface area contributed by atoms with Crippen LogP contribution >= 0.6 is 12.2 Å². The maximum absolute atomic E-state index is 12.1. The lowest BCUT2D eigenvalue weighted by molar-refractivity contribution is 0.102. The smallest absolute Gasteiger partial charge is 0.257 e. The van der Waals surface area contributed by atoms with Crippen molar-refractivity contribution in [1.29, 1.82) is 5.26 Å². The van der Waals surface area contributed by atoms with Crippen LogP contribution in [0.1, 0.15) is 21.6 Å². The lowest BCUT2D eigenvalue weighted by atomic mass is 10.1. The number of para-hydroxylation sites is 1. The van der Waals surface area contributed by atoms with Gasteiger partial charge in [0, 0.05) is 11.4 Å². The van der Waals surface area contributed by atoms with Crippen LogP contribution in [0.2, 0.25) is 0 Å². The summed E-state index contributed by atoms with van der Waals surface area (Å²) in [4.78, 5) is 15.0. The Morgan fingerprint density at radius 3 is 2.68 bits per heavy atom. The van der Waals surface area contributed by atoms with Crippen LogP contribution in [0.3, 0.4) is 0 Å². The first-order valence-corrected chi connectivity index (χ1v) is 6.03. The van der Waals surface area contributed by atoms with E-state index in [2.05, 4.69) is 10.3 Å².